The Labute approximate surface area is 161 Å². The van der Waals surface area contributed by atoms with Crippen LogP contribution in [0, 0.1) is 0 Å². The number of hydrogen-bond acceptors (Lipinski definition) is 5. The lowest BCUT2D eigenvalue weighted by Crippen LogP contribution is -2.00. The summed E-state index contributed by atoms with van der Waals surface area (Å²) < 4.78 is 11.7. The minimum atomic E-state index is 0.0642. The molecule has 1 aromatic heterocycles. The minimum absolute atomic E-state index is 0.0642. The molecule has 2 unspecified atom stereocenters. The van der Waals surface area contributed by atoms with Crippen LogP contribution < -0.4 is 0 Å². The smallest absolute Gasteiger partial charge is 0.227 e. The molecule has 0 aliphatic carbocycles. The zero-order chi connectivity index (χ0) is 18.1. The van der Waals surface area contributed by atoms with Crippen molar-refractivity contribution in [1.29, 1.82) is 0 Å². The van der Waals surface area contributed by atoms with Gasteiger partial charge in [-0.15, -0.1) is 11.3 Å². The molecule has 0 fully saturated rings. The van der Waals surface area contributed by atoms with E-state index in [-0.39, 0.29) is 12.1 Å². The lowest BCUT2D eigenvalue weighted by Gasteiger charge is -2.03. The maximum atomic E-state index is 5.85. The first kappa shape index (κ1) is 16.3. The molecule has 3 aromatic rings. The maximum absolute atomic E-state index is 5.85. The molecule has 0 saturated heterocycles. The molecule has 134 valence electrons. The average Bonchev–Trinajstić information content (AvgIpc) is 3.49. The van der Waals surface area contributed by atoms with E-state index in [1.807, 2.05) is 48.5 Å². The SMILES string of the molecule is c1ccc(C2COC(c3ccc(C4=NC(c5ccccc5)CO4)s3)=N2)cc1. The highest BCUT2D eigenvalue weighted by Crippen LogP contribution is 2.30. The van der Waals surface area contributed by atoms with Crippen molar-refractivity contribution in [2.45, 2.75) is 12.1 Å². The van der Waals surface area contributed by atoms with Gasteiger partial charge in [0.1, 0.15) is 25.3 Å². The monoisotopic (exact) mass is 374 g/mol. The lowest BCUT2D eigenvalue weighted by atomic mass is 10.1. The standard InChI is InChI=1S/C22H18N2O2S/c1-3-7-15(8-4-1)17-13-25-21(23-17)19-11-12-20(27-19)22-24-18(14-26-22)16-9-5-2-6-10-16/h1-12,17-18H,13-14H2. The summed E-state index contributed by atoms with van der Waals surface area (Å²) >= 11 is 1.61. The van der Waals surface area contributed by atoms with E-state index in [2.05, 4.69) is 24.3 Å². The quantitative estimate of drug-likeness (QED) is 0.659. The van der Waals surface area contributed by atoms with Crippen LogP contribution in [0.25, 0.3) is 0 Å². The van der Waals surface area contributed by atoms with E-state index in [1.54, 1.807) is 11.3 Å². The molecule has 2 atom stereocenters. The van der Waals surface area contributed by atoms with Crippen LogP contribution in [0.1, 0.15) is 33.0 Å². The molecule has 0 N–H and O–H groups in total. The van der Waals surface area contributed by atoms with Crippen LogP contribution in [0.2, 0.25) is 0 Å². The van der Waals surface area contributed by atoms with Crippen LogP contribution in [0.5, 0.6) is 0 Å². The van der Waals surface area contributed by atoms with Gasteiger partial charge in [-0.1, -0.05) is 60.7 Å². The largest absolute Gasteiger partial charge is 0.474 e. The Morgan fingerprint density at radius 1 is 0.630 bits per heavy atom. The third-order valence-electron chi connectivity index (χ3n) is 4.70. The van der Waals surface area contributed by atoms with E-state index in [4.69, 9.17) is 19.5 Å². The molecule has 5 heteroatoms. The van der Waals surface area contributed by atoms with Crippen molar-refractivity contribution in [1.82, 2.24) is 0 Å². The summed E-state index contributed by atoms with van der Waals surface area (Å²) in [7, 11) is 0. The van der Waals surface area contributed by atoms with Gasteiger partial charge in [0.05, 0.1) is 9.75 Å². The molecule has 27 heavy (non-hydrogen) atoms. The van der Waals surface area contributed by atoms with Crippen molar-refractivity contribution < 1.29 is 9.47 Å². The highest BCUT2D eigenvalue weighted by molar-refractivity contribution is 7.16. The Balaban J connectivity index is 1.35. The van der Waals surface area contributed by atoms with Crippen LogP contribution in [-0.4, -0.2) is 25.0 Å². The molecule has 0 spiro atoms. The summed E-state index contributed by atoms with van der Waals surface area (Å²) in [5.74, 6) is 1.41. The molecule has 0 radical (unpaired) electrons. The van der Waals surface area contributed by atoms with E-state index in [9.17, 15) is 0 Å². The first-order valence-electron chi connectivity index (χ1n) is 8.98. The molecule has 2 aliphatic heterocycles. The van der Waals surface area contributed by atoms with Crippen molar-refractivity contribution in [3.8, 4) is 0 Å². The fraction of sp³-hybridized carbons (Fsp3) is 0.182. The van der Waals surface area contributed by atoms with E-state index >= 15 is 0 Å². The minimum Gasteiger partial charge on any atom is -0.474 e. The van der Waals surface area contributed by atoms with Gasteiger partial charge >= 0.3 is 0 Å². The Kier molecular flexibility index (Phi) is 4.22. The first-order chi connectivity index (χ1) is 13.4. The highest BCUT2D eigenvalue weighted by Gasteiger charge is 2.26. The molecular formula is C22H18N2O2S. The van der Waals surface area contributed by atoms with Gasteiger partial charge in [0.15, 0.2) is 0 Å². The molecule has 3 heterocycles. The molecule has 4 nitrogen and oxygen atoms in total. The predicted molar refractivity (Wildman–Crippen MR) is 108 cm³/mol. The first-order valence-corrected chi connectivity index (χ1v) is 9.80. The Hall–Kier alpha value is -2.92. The maximum Gasteiger partial charge on any atom is 0.227 e. The van der Waals surface area contributed by atoms with E-state index in [0.717, 1.165) is 9.75 Å². The zero-order valence-electron chi connectivity index (χ0n) is 14.6. The molecule has 2 aliphatic rings. The lowest BCUT2D eigenvalue weighted by molar-refractivity contribution is 0.320. The van der Waals surface area contributed by atoms with Crippen molar-refractivity contribution in [2.24, 2.45) is 9.98 Å². The van der Waals surface area contributed by atoms with E-state index in [0.29, 0.717) is 25.0 Å². The van der Waals surface area contributed by atoms with E-state index < -0.39 is 0 Å². The third kappa shape index (κ3) is 3.26. The second kappa shape index (κ2) is 7.00. The fourth-order valence-electron chi connectivity index (χ4n) is 3.28. The van der Waals surface area contributed by atoms with Gasteiger partial charge in [0, 0.05) is 0 Å². The fourth-order valence-corrected chi connectivity index (χ4v) is 4.18. The van der Waals surface area contributed by atoms with E-state index in [1.165, 1.54) is 11.1 Å². The van der Waals surface area contributed by atoms with Crippen molar-refractivity contribution in [3.05, 3.63) is 93.7 Å². The molecule has 0 saturated carbocycles. The third-order valence-corrected chi connectivity index (χ3v) is 5.76. The number of nitrogens with zero attached hydrogens (tertiary/aromatic N) is 2. The summed E-state index contributed by atoms with van der Waals surface area (Å²) in [4.78, 5) is 11.5. The second-order valence-corrected chi connectivity index (χ2v) is 7.59. The molecule has 5 rings (SSSR count). The van der Waals surface area contributed by atoms with Crippen molar-refractivity contribution in [3.63, 3.8) is 0 Å². The summed E-state index contributed by atoms with van der Waals surface area (Å²) in [5, 5.41) is 0. The van der Waals surface area contributed by atoms with Crippen LogP contribution in [0.3, 0.4) is 0 Å². The number of benzene rings is 2. The van der Waals surface area contributed by atoms with Gasteiger partial charge in [0.25, 0.3) is 0 Å². The number of thiophene rings is 1. The number of aliphatic imine (C=N–C) groups is 2. The van der Waals surface area contributed by atoms with Gasteiger partial charge in [-0.2, -0.15) is 0 Å². The number of hydrogen-bond donors (Lipinski definition) is 0. The Bertz CT molecular complexity index is 915. The van der Waals surface area contributed by atoms with Gasteiger partial charge in [-0.25, -0.2) is 9.98 Å². The Morgan fingerprint density at radius 2 is 1.07 bits per heavy atom. The van der Waals surface area contributed by atoms with Crippen LogP contribution >= 0.6 is 11.3 Å². The highest BCUT2D eigenvalue weighted by atomic mass is 32.1. The normalized spacial score (nSPS) is 21.3. The molecule has 0 amide bonds. The van der Waals surface area contributed by atoms with Crippen LogP contribution in [0.15, 0.2) is 82.8 Å². The van der Waals surface area contributed by atoms with Gasteiger partial charge < -0.3 is 9.47 Å². The zero-order valence-corrected chi connectivity index (χ0v) is 15.4. The summed E-state index contributed by atoms with van der Waals surface area (Å²) in [6, 6.07) is 24.7. The van der Waals surface area contributed by atoms with Crippen LogP contribution in [-0.2, 0) is 9.47 Å². The average molecular weight is 374 g/mol. The molecule has 0 bridgehead atoms. The predicted octanol–water partition coefficient (Wildman–Crippen LogP) is 4.78. The topological polar surface area (TPSA) is 43.2 Å². The molecule has 2 aromatic carbocycles. The van der Waals surface area contributed by atoms with Gasteiger partial charge in [-0.05, 0) is 23.3 Å². The van der Waals surface area contributed by atoms with Crippen molar-refractivity contribution in [2.75, 3.05) is 13.2 Å². The van der Waals surface area contributed by atoms with Crippen LogP contribution in [0.4, 0.5) is 0 Å². The summed E-state index contributed by atoms with van der Waals surface area (Å²) in [5.41, 5.74) is 2.36. The van der Waals surface area contributed by atoms with Gasteiger partial charge in [0.2, 0.25) is 11.8 Å². The summed E-state index contributed by atoms with van der Waals surface area (Å²) in [6.07, 6.45) is 0. The number of ether oxygens (including phenoxy) is 2. The number of rotatable bonds is 4. The molecular weight excluding hydrogens is 356 g/mol. The van der Waals surface area contributed by atoms with Crippen molar-refractivity contribution >= 4 is 23.1 Å². The summed E-state index contributed by atoms with van der Waals surface area (Å²) in [6.45, 7) is 1.17. The second-order valence-electron chi connectivity index (χ2n) is 6.51. The van der Waals surface area contributed by atoms with Gasteiger partial charge in [-0.3, -0.25) is 0 Å². The Morgan fingerprint density at radius 3 is 1.52 bits per heavy atom.